The molecule has 6 heteroatoms. The predicted octanol–water partition coefficient (Wildman–Crippen LogP) is 3.16. The Balaban J connectivity index is 2.04. The van der Waals surface area contributed by atoms with E-state index in [-0.39, 0.29) is 11.4 Å². The fraction of sp³-hybridized carbons (Fsp3) is 0.0476. The fourth-order valence-electron chi connectivity index (χ4n) is 3.58. The molecule has 0 fully saturated rings. The summed E-state index contributed by atoms with van der Waals surface area (Å²) in [7, 11) is 0. The van der Waals surface area contributed by atoms with Crippen LogP contribution in [0.5, 0.6) is 0 Å². The van der Waals surface area contributed by atoms with Gasteiger partial charge in [-0.15, -0.1) is 0 Å². The van der Waals surface area contributed by atoms with Crippen molar-refractivity contribution in [2.75, 3.05) is 4.90 Å². The molecule has 27 heavy (non-hydrogen) atoms. The molecule has 0 saturated carbocycles. The van der Waals surface area contributed by atoms with Crippen LogP contribution in [-0.2, 0) is 9.59 Å². The van der Waals surface area contributed by atoms with Gasteiger partial charge in [-0.05, 0) is 42.0 Å². The lowest BCUT2D eigenvalue weighted by atomic mass is 9.81. The highest BCUT2D eigenvalue weighted by Gasteiger charge is 2.56. The van der Waals surface area contributed by atoms with Crippen LogP contribution in [0.25, 0.3) is 5.57 Å². The van der Waals surface area contributed by atoms with Crippen molar-refractivity contribution in [1.82, 2.24) is 0 Å². The number of rotatable bonds is 3. The molecule has 1 heterocycles. The van der Waals surface area contributed by atoms with Gasteiger partial charge >= 0.3 is 11.6 Å². The molecule has 6 nitrogen and oxygen atoms in total. The van der Waals surface area contributed by atoms with Gasteiger partial charge in [-0.1, -0.05) is 48.5 Å². The van der Waals surface area contributed by atoms with Crippen LogP contribution in [0.1, 0.15) is 5.56 Å². The van der Waals surface area contributed by atoms with E-state index in [1.165, 1.54) is 17.1 Å². The van der Waals surface area contributed by atoms with E-state index < -0.39 is 22.1 Å². The van der Waals surface area contributed by atoms with Crippen molar-refractivity contribution in [2.45, 2.75) is 5.54 Å². The third-order valence-corrected chi connectivity index (χ3v) is 4.68. The average molecular weight is 358 g/mol. The zero-order valence-electron chi connectivity index (χ0n) is 14.1. The molecular formula is C21H14N2O4. The van der Waals surface area contributed by atoms with Gasteiger partial charge in [-0.25, -0.2) is 0 Å². The second-order valence-corrected chi connectivity index (χ2v) is 6.22. The lowest BCUT2D eigenvalue weighted by Crippen LogP contribution is -2.46. The number of allylic oxidation sites excluding steroid dienone is 2. The molecule has 132 valence electrons. The Morgan fingerprint density at radius 2 is 1.41 bits per heavy atom. The van der Waals surface area contributed by atoms with Crippen molar-refractivity contribution in [1.29, 1.82) is 0 Å². The van der Waals surface area contributed by atoms with E-state index in [0.29, 0.717) is 11.3 Å². The Morgan fingerprint density at radius 1 is 0.852 bits per heavy atom. The van der Waals surface area contributed by atoms with E-state index in [4.69, 9.17) is 0 Å². The van der Waals surface area contributed by atoms with Gasteiger partial charge in [0, 0.05) is 5.69 Å². The predicted molar refractivity (Wildman–Crippen MR) is 100 cm³/mol. The van der Waals surface area contributed by atoms with Gasteiger partial charge in [0.2, 0.25) is 0 Å². The van der Waals surface area contributed by atoms with Crippen LogP contribution in [0.15, 0.2) is 90.7 Å². The number of carbonyl (C=O) groups excluding carboxylic acids is 2. The number of para-hydroxylation sites is 1. The van der Waals surface area contributed by atoms with Crippen LogP contribution in [0.4, 0.5) is 5.69 Å². The van der Waals surface area contributed by atoms with Gasteiger partial charge in [0.1, 0.15) is 5.54 Å². The van der Waals surface area contributed by atoms with Crippen molar-refractivity contribution >= 4 is 23.0 Å². The maximum atomic E-state index is 13.2. The van der Waals surface area contributed by atoms with Crippen LogP contribution in [-0.4, -0.2) is 22.2 Å². The summed E-state index contributed by atoms with van der Waals surface area (Å²) < 4.78 is 0. The number of carbonyl (C=O) groups is 2. The number of ketones is 1. The normalized spacial score (nSPS) is 17.9. The van der Waals surface area contributed by atoms with E-state index in [1.807, 2.05) is 0 Å². The van der Waals surface area contributed by atoms with Crippen LogP contribution >= 0.6 is 0 Å². The highest BCUT2D eigenvalue weighted by atomic mass is 16.6. The number of benzene rings is 2. The second-order valence-electron chi connectivity index (χ2n) is 6.22. The lowest BCUT2D eigenvalue weighted by molar-refractivity contribution is -0.417. The number of nitrogens with zero attached hydrogens (tertiary/aromatic N) is 2. The van der Waals surface area contributed by atoms with Gasteiger partial charge in [-0.2, -0.15) is 0 Å². The van der Waals surface area contributed by atoms with E-state index in [2.05, 4.69) is 0 Å². The van der Waals surface area contributed by atoms with Crippen LogP contribution in [0.2, 0.25) is 0 Å². The van der Waals surface area contributed by atoms with Crippen LogP contribution < -0.4 is 4.90 Å². The van der Waals surface area contributed by atoms with Gasteiger partial charge in [0.15, 0.2) is 5.78 Å². The lowest BCUT2D eigenvalue weighted by Gasteiger charge is -2.36. The first-order valence-corrected chi connectivity index (χ1v) is 8.31. The minimum absolute atomic E-state index is 0.233. The van der Waals surface area contributed by atoms with E-state index in [9.17, 15) is 19.7 Å². The summed E-state index contributed by atoms with van der Waals surface area (Å²) in [4.78, 5) is 37.5. The molecule has 1 aliphatic carbocycles. The monoisotopic (exact) mass is 358 g/mol. The number of hydrogen-bond donors (Lipinski definition) is 0. The molecule has 0 N–H and O–H groups in total. The zero-order chi connectivity index (χ0) is 19.0. The molecule has 1 aliphatic heterocycles. The topological polar surface area (TPSA) is 80.5 Å². The van der Waals surface area contributed by atoms with Gasteiger partial charge in [0.25, 0.3) is 0 Å². The molecule has 4 rings (SSSR count). The van der Waals surface area contributed by atoms with Gasteiger partial charge < -0.3 is 0 Å². The Labute approximate surface area is 154 Å². The minimum Gasteiger partial charge on any atom is -0.290 e. The Kier molecular flexibility index (Phi) is 3.81. The summed E-state index contributed by atoms with van der Waals surface area (Å²) >= 11 is 0. The number of nitro groups is 1. The van der Waals surface area contributed by atoms with Crippen LogP contribution in [0.3, 0.4) is 0 Å². The van der Waals surface area contributed by atoms with E-state index in [0.717, 1.165) is 0 Å². The van der Waals surface area contributed by atoms with Crippen molar-refractivity contribution in [3.05, 3.63) is 106 Å². The molecule has 2 aromatic rings. The van der Waals surface area contributed by atoms with E-state index in [1.54, 1.807) is 72.8 Å². The third-order valence-electron chi connectivity index (χ3n) is 4.68. The van der Waals surface area contributed by atoms with Crippen LogP contribution in [0, 0.1) is 10.1 Å². The summed E-state index contributed by atoms with van der Waals surface area (Å²) in [6.45, 7) is 0. The maximum Gasteiger partial charge on any atom is 0.340 e. The summed E-state index contributed by atoms with van der Waals surface area (Å²) in [5, 5.41) is 11.8. The highest BCUT2D eigenvalue weighted by Crippen LogP contribution is 2.47. The van der Waals surface area contributed by atoms with Gasteiger partial charge in [0.05, 0.1) is 10.5 Å². The zero-order valence-corrected chi connectivity index (χ0v) is 14.1. The Morgan fingerprint density at radius 3 is 1.96 bits per heavy atom. The largest absolute Gasteiger partial charge is 0.340 e. The molecule has 0 unspecified atom stereocenters. The molecule has 0 aromatic heterocycles. The summed E-state index contributed by atoms with van der Waals surface area (Å²) in [5.41, 5.74) is -0.414. The first-order chi connectivity index (χ1) is 13.0. The fourth-order valence-corrected chi connectivity index (χ4v) is 3.58. The molecule has 0 saturated heterocycles. The van der Waals surface area contributed by atoms with Gasteiger partial charge in [-0.3, -0.25) is 24.6 Å². The molecule has 1 amide bonds. The van der Waals surface area contributed by atoms with Crippen molar-refractivity contribution in [3.8, 4) is 0 Å². The smallest absolute Gasteiger partial charge is 0.290 e. The quantitative estimate of drug-likeness (QED) is 0.623. The van der Waals surface area contributed by atoms with E-state index >= 15 is 0 Å². The number of hydrogen-bond acceptors (Lipinski definition) is 4. The van der Waals surface area contributed by atoms with Crippen molar-refractivity contribution < 1.29 is 14.5 Å². The summed E-state index contributed by atoms with van der Waals surface area (Å²) in [5.74, 6) is -0.947. The molecule has 2 aliphatic rings. The average Bonchev–Trinajstić information content (AvgIpc) is 2.94. The summed E-state index contributed by atoms with van der Waals surface area (Å²) in [6, 6.07) is 17.5. The van der Waals surface area contributed by atoms with Crippen molar-refractivity contribution in [2.24, 2.45) is 0 Å². The minimum atomic E-state index is -1.24. The highest BCUT2D eigenvalue weighted by molar-refractivity contribution is 6.20. The molecule has 0 radical (unpaired) electrons. The molecular weight excluding hydrogens is 344 g/mol. The molecule has 1 spiro atoms. The Bertz CT molecular complexity index is 1020. The Hall–Kier alpha value is -3.80. The first kappa shape index (κ1) is 16.7. The standard InChI is InChI=1S/C21H14N2O4/c24-17-11-13-21(14-12-17)18(15-7-3-1-4-8-15)19(23(26)27)20(25)22(21)16-9-5-2-6-10-16/h1-14H. The second kappa shape index (κ2) is 6.17. The third kappa shape index (κ3) is 2.50. The number of anilines is 1. The molecule has 2 aromatic carbocycles. The SMILES string of the molecule is O=C1C=CC2(C=C1)C(c1ccccc1)=C([N+](=O)[O-])C(=O)N2c1ccccc1. The molecule has 0 atom stereocenters. The summed E-state index contributed by atoms with van der Waals surface area (Å²) in [6.07, 6.45) is 5.79. The maximum absolute atomic E-state index is 13.2. The first-order valence-electron chi connectivity index (χ1n) is 8.31. The number of amides is 1. The molecule has 0 bridgehead atoms. The van der Waals surface area contributed by atoms with Crippen molar-refractivity contribution in [3.63, 3.8) is 0 Å².